The van der Waals surface area contributed by atoms with Crippen molar-refractivity contribution in [2.45, 2.75) is 38.6 Å². The van der Waals surface area contributed by atoms with Crippen molar-refractivity contribution >= 4 is 34.4 Å². The molecule has 5 rings (SSSR count). The van der Waals surface area contributed by atoms with Crippen LogP contribution >= 0.6 is 11.6 Å². The first-order valence-electron chi connectivity index (χ1n) is 10.9. The highest BCUT2D eigenvalue weighted by Crippen LogP contribution is 2.56. The third-order valence-electron chi connectivity index (χ3n) is 6.82. The van der Waals surface area contributed by atoms with Crippen molar-refractivity contribution in [2.75, 3.05) is 13.2 Å². The molecule has 0 spiro atoms. The van der Waals surface area contributed by atoms with Gasteiger partial charge in [0.1, 0.15) is 0 Å². The number of nitrogens with one attached hydrogen (secondary N) is 1. The number of esters is 1. The van der Waals surface area contributed by atoms with Crippen LogP contribution < -0.4 is 0 Å². The van der Waals surface area contributed by atoms with Gasteiger partial charge in [-0.05, 0) is 62.1 Å². The molecule has 31 heavy (non-hydrogen) atoms. The number of hydrogen-bond donors (Lipinski definition) is 1. The maximum atomic E-state index is 13.6. The third kappa shape index (κ3) is 3.14. The molecule has 0 radical (unpaired) electrons. The number of fused-ring (bicyclic) bond motifs is 3. The summed E-state index contributed by atoms with van der Waals surface area (Å²) in [4.78, 5) is 32.3. The SMILES string of the molecule is CCOC(=O)C1(C2c3[nH]c4ccc(Cl)cc4c3CCN2C(=O)c2ccccc2)CCC1. The number of amides is 1. The maximum absolute atomic E-state index is 13.6. The minimum atomic E-state index is -0.722. The molecule has 1 unspecified atom stereocenters. The van der Waals surface area contributed by atoms with E-state index in [1.54, 1.807) is 0 Å². The van der Waals surface area contributed by atoms with Gasteiger partial charge in [-0.1, -0.05) is 36.2 Å². The van der Waals surface area contributed by atoms with Gasteiger partial charge in [0.05, 0.1) is 18.1 Å². The molecule has 2 heterocycles. The van der Waals surface area contributed by atoms with Crippen LogP contribution in [0.1, 0.15) is 53.8 Å². The summed E-state index contributed by atoms with van der Waals surface area (Å²) in [7, 11) is 0. The molecule has 5 nitrogen and oxygen atoms in total. The largest absolute Gasteiger partial charge is 0.465 e. The number of rotatable bonds is 4. The lowest BCUT2D eigenvalue weighted by Crippen LogP contribution is -2.54. The van der Waals surface area contributed by atoms with E-state index in [4.69, 9.17) is 16.3 Å². The van der Waals surface area contributed by atoms with E-state index in [9.17, 15) is 9.59 Å². The van der Waals surface area contributed by atoms with E-state index in [1.807, 2.05) is 60.4 Å². The van der Waals surface area contributed by atoms with Gasteiger partial charge in [-0.2, -0.15) is 0 Å². The minimum Gasteiger partial charge on any atom is -0.465 e. The zero-order chi connectivity index (χ0) is 21.6. The molecule has 2 aliphatic rings. The summed E-state index contributed by atoms with van der Waals surface area (Å²) < 4.78 is 5.53. The van der Waals surface area contributed by atoms with Gasteiger partial charge >= 0.3 is 5.97 Å². The van der Waals surface area contributed by atoms with Crippen LogP contribution in [0, 0.1) is 5.41 Å². The van der Waals surface area contributed by atoms with Crippen LogP contribution in [0.15, 0.2) is 48.5 Å². The van der Waals surface area contributed by atoms with Gasteiger partial charge < -0.3 is 14.6 Å². The zero-order valence-corrected chi connectivity index (χ0v) is 18.2. The number of H-pyrrole nitrogens is 1. The Kier molecular flexibility index (Phi) is 5.01. The third-order valence-corrected chi connectivity index (χ3v) is 7.06. The van der Waals surface area contributed by atoms with Gasteiger partial charge in [0.15, 0.2) is 0 Å². The quantitative estimate of drug-likeness (QED) is 0.565. The fourth-order valence-electron chi connectivity index (χ4n) is 5.22. The van der Waals surface area contributed by atoms with Crippen molar-refractivity contribution in [3.63, 3.8) is 0 Å². The highest BCUT2D eigenvalue weighted by atomic mass is 35.5. The van der Waals surface area contributed by atoms with E-state index in [0.29, 0.717) is 43.0 Å². The van der Waals surface area contributed by atoms with Gasteiger partial charge in [0.25, 0.3) is 5.91 Å². The number of aromatic amines is 1. The number of nitrogens with zero attached hydrogens (tertiary/aromatic N) is 1. The number of carbonyl (C=O) groups excluding carboxylic acids is 2. The van der Waals surface area contributed by atoms with Crippen molar-refractivity contribution in [3.05, 3.63) is 70.4 Å². The Morgan fingerprint density at radius 3 is 2.65 bits per heavy atom. The summed E-state index contributed by atoms with van der Waals surface area (Å²) in [6.45, 7) is 2.70. The Morgan fingerprint density at radius 1 is 1.19 bits per heavy atom. The van der Waals surface area contributed by atoms with Crippen LogP contribution in [0.5, 0.6) is 0 Å². The summed E-state index contributed by atoms with van der Waals surface area (Å²) in [6, 6.07) is 14.7. The molecular weight excluding hydrogens is 412 g/mol. The molecule has 1 aliphatic carbocycles. The van der Waals surface area contributed by atoms with Gasteiger partial charge in [0.2, 0.25) is 0 Å². The van der Waals surface area contributed by atoms with Gasteiger partial charge in [-0.3, -0.25) is 9.59 Å². The Morgan fingerprint density at radius 2 is 1.97 bits per heavy atom. The standard InChI is InChI=1S/C25H25ClN2O3/c1-2-31-24(30)25(12-6-13-25)22-21-18(19-15-17(26)9-10-20(19)27-21)11-14-28(22)23(29)16-7-4-3-5-8-16/h3-5,7-10,15,22,27H,2,6,11-14H2,1H3. The topological polar surface area (TPSA) is 62.4 Å². The Hall–Kier alpha value is -2.79. The predicted octanol–water partition coefficient (Wildman–Crippen LogP) is 5.29. The van der Waals surface area contributed by atoms with Crippen molar-refractivity contribution < 1.29 is 14.3 Å². The summed E-state index contributed by atoms with van der Waals surface area (Å²) in [5.41, 5.74) is 2.98. The van der Waals surface area contributed by atoms with E-state index >= 15 is 0 Å². The Balaban J connectivity index is 1.67. The molecule has 1 N–H and O–H groups in total. The molecule has 160 valence electrons. The molecule has 3 aromatic rings. The van der Waals surface area contributed by atoms with Crippen molar-refractivity contribution in [3.8, 4) is 0 Å². The number of aromatic nitrogens is 1. The van der Waals surface area contributed by atoms with E-state index in [1.165, 1.54) is 0 Å². The lowest BCUT2D eigenvalue weighted by molar-refractivity contribution is -0.168. The number of ether oxygens (including phenoxy) is 1. The zero-order valence-electron chi connectivity index (χ0n) is 17.5. The first-order valence-corrected chi connectivity index (χ1v) is 11.3. The Labute approximate surface area is 186 Å². The number of benzene rings is 2. The number of halogens is 1. The second kappa shape index (κ2) is 7.72. The van der Waals surface area contributed by atoms with Crippen molar-refractivity contribution in [1.82, 2.24) is 9.88 Å². The van der Waals surface area contributed by atoms with Gasteiger partial charge in [-0.25, -0.2) is 0 Å². The fourth-order valence-corrected chi connectivity index (χ4v) is 5.39. The average molecular weight is 437 g/mol. The predicted molar refractivity (Wildman–Crippen MR) is 120 cm³/mol. The normalized spacial score (nSPS) is 19.5. The fraction of sp³-hybridized carbons (Fsp3) is 0.360. The van der Waals surface area contributed by atoms with Gasteiger partial charge in [-0.15, -0.1) is 0 Å². The maximum Gasteiger partial charge on any atom is 0.314 e. The monoisotopic (exact) mass is 436 g/mol. The van der Waals surface area contributed by atoms with E-state index in [2.05, 4.69) is 4.98 Å². The molecule has 1 fully saturated rings. The molecule has 0 bridgehead atoms. The summed E-state index contributed by atoms with van der Waals surface area (Å²) in [5.74, 6) is -0.259. The second-order valence-corrected chi connectivity index (χ2v) is 8.89. The van der Waals surface area contributed by atoms with Crippen molar-refractivity contribution in [2.24, 2.45) is 5.41 Å². The molecule has 1 saturated carbocycles. The number of carbonyl (C=O) groups is 2. The van der Waals surface area contributed by atoms with Crippen LogP contribution in [0.25, 0.3) is 10.9 Å². The molecule has 1 aromatic heterocycles. The summed E-state index contributed by atoms with van der Waals surface area (Å²) in [5, 5.41) is 1.75. The summed E-state index contributed by atoms with van der Waals surface area (Å²) >= 11 is 6.28. The van der Waals surface area contributed by atoms with E-state index < -0.39 is 5.41 Å². The van der Waals surface area contributed by atoms with E-state index in [0.717, 1.165) is 28.6 Å². The average Bonchev–Trinajstić information content (AvgIpc) is 3.11. The number of hydrogen-bond acceptors (Lipinski definition) is 3. The van der Waals surface area contributed by atoms with E-state index in [-0.39, 0.29) is 17.9 Å². The van der Waals surface area contributed by atoms with Crippen LogP contribution in [-0.2, 0) is 16.0 Å². The Bertz CT molecular complexity index is 1150. The van der Waals surface area contributed by atoms with Gasteiger partial charge in [0, 0.05) is 33.7 Å². The van der Waals surface area contributed by atoms with Crippen LogP contribution in [0.3, 0.4) is 0 Å². The molecule has 1 aliphatic heterocycles. The second-order valence-electron chi connectivity index (χ2n) is 8.45. The highest BCUT2D eigenvalue weighted by molar-refractivity contribution is 6.31. The molecule has 1 amide bonds. The molecule has 0 saturated heterocycles. The summed E-state index contributed by atoms with van der Waals surface area (Å²) in [6.07, 6.45) is 3.09. The van der Waals surface area contributed by atoms with Crippen LogP contribution in [0.4, 0.5) is 0 Å². The smallest absolute Gasteiger partial charge is 0.314 e. The minimum absolute atomic E-state index is 0.0523. The molecule has 6 heteroatoms. The molecular formula is C25H25ClN2O3. The first-order chi connectivity index (χ1) is 15.0. The van der Waals surface area contributed by atoms with Crippen molar-refractivity contribution in [1.29, 1.82) is 0 Å². The van der Waals surface area contributed by atoms with Crippen LogP contribution in [0.2, 0.25) is 5.02 Å². The lowest BCUT2D eigenvalue weighted by atomic mass is 9.61. The van der Waals surface area contributed by atoms with Crippen LogP contribution in [-0.4, -0.2) is 34.9 Å². The molecule has 1 atom stereocenters. The first kappa shape index (κ1) is 20.1. The molecule has 2 aromatic carbocycles. The lowest BCUT2D eigenvalue weighted by Gasteiger charge is -2.51. The highest BCUT2D eigenvalue weighted by Gasteiger charge is 2.57.